The quantitative estimate of drug-likeness (QED) is 0.433. The first-order valence-corrected chi connectivity index (χ1v) is 7.99. The van der Waals surface area contributed by atoms with Crippen LogP contribution in [0.2, 0.25) is 0 Å². The van der Waals surface area contributed by atoms with E-state index in [2.05, 4.69) is 43.9 Å². The van der Waals surface area contributed by atoms with Crippen molar-refractivity contribution in [2.24, 2.45) is 5.73 Å². The molecule has 106 valence electrons. The number of benzene rings is 1. The van der Waals surface area contributed by atoms with E-state index < -0.39 is 0 Å². The summed E-state index contributed by atoms with van der Waals surface area (Å²) in [5, 5.41) is 7.88. The minimum atomic E-state index is 0.168. The molecule has 1 rings (SSSR count). The number of rotatable bonds is 8. The number of hydrogen-bond acceptors (Lipinski definition) is 3. The number of amidine groups is 1. The topological polar surface area (TPSA) is 53.1 Å². The van der Waals surface area contributed by atoms with Crippen LogP contribution in [0.5, 0.6) is 0 Å². The number of nitrogens with two attached hydrogens (primary N) is 1. The molecule has 0 amide bonds. The highest BCUT2D eigenvalue weighted by molar-refractivity contribution is 7.99. The van der Waals surface area contributed by atoms with Crippen LogP contribution in [0.1, 0.15) is 39.2 Å². The van der Waals surface area contributed by atoms with Gasteiger partial charge in [-0.15, -0.1) is 11.8 Å². The second kappa shape index (κ2) is 8.10. The summed E-state index contributed by atoms with van der Waals surface area (Å²) in [6.45, 7) is 8.44. The molecular formula is C15H25N3S. The molecule has 0 atom stereocenters. The minimum absolute atomic E-state index is 0.168. The van der Waals surface area contributed by atoms with Crippen molar-refractivity contribution in [1.29, 1.82) is 5.41 Å². The molecule has 3 N–H and O–H groups in total. The highest BCUT2D eigenvalue weighted by atomic mass is 32.2. The van der Waals surface area contributed by atoms with Crippen LogP contribution >= 0.6 is 11.8 Å². The van der Waals surface area contributed by atoms with Crippen molar-refractivity contribution < 1.29 is 0 Å². The molecule has 0 aliphatic rings. The van der Waals surface area contributed by atoms with Crippen LogP contribution in [0.25, 0.3) is 0 Å². The normalized spacial score (nSPS) is 10.5. The van der Waals surface area contributed by atoms with Crippen LogP contribution in [0.15, 0.2) is 23.1 Å². The van der Waals surface area contributed by atoms with Crippen LogP contribution in [0.3, 0.4) is 0 Å². The molecule has 0 saturated carbocycles. The Balaban J connectivity index is 3.16. The lowest BCUT2D eigenvalue weighted by Crippen LogP contribution is -2.27. The molecule has 0 aliphatic carbocycles. The Bertz CT molecular complexity index is 418. The van der Waals surface area contributed by atoms with E-state index in [1.54, 1.807) is 11.8 Å². The molecule has 4 heteroatoms. The number of nitrogens with zero attached hydrogens (tertiary/aromatic N) is 1. The molecule has 19 heavy (non-hydrogen) atoms. The molecule has 0 bridgehead atoms. The monoisotopic (exact) mass is 279 g/mol. The van der Waals surface area contributed by atoms with Crippen molar-refractivity contribution >= 4 is 23.3 Å². The first kappa shape index (κ1) is 15.9. The van der Waals surface area contributed by atoms with Crippen molar-refractivity contribution in [3.8, 4) is 0 Å². The van der Waals surface area contributed by atoms with E-state index in [4.69, 9.17) is 11.1 Å². The van der Waals surface area contributed by atoms with Crippen molar-refractivity contribution in [3.05, 3.63) is 23.8 Å². The third-order valence-electron chi connectivity index (χ3n) is 3.08. The zero-order valence-corrected chi connectivity index (χ0v) is 13.0. The Morgan fingerprint density at radius 2 is 2.05 bits per heavy atom. The Hall–Kier alpha value is -1.16. The van der Waals surface area contributed by atoms with E-state index in [1.165, 1.54) is 6.42 Å². The summed E-state index contributed by atoms with van der Waals surface area (Å²) < 4.78 is 0. The lowest BCUT2D eigenvalue weighted by molar-refractivity contribution is 0.731. The predicted octanol–water partition coefficient (Wildman–Crippen LogP) is 3.71. The number of hydrogen-bond donors (Lipinski definition) is 2. The van der Waals surface area contributed by atoms with Gasteiger partial charge in [-0.05, 0) is 31.2 Å². The summed E-state index contributed by atoms with van der Waals surface area (Å²) in [6, 6.07) is 6.20. The Morgan fingerprint density at radius 3 is 2.58 bits per heavy atom. The highest BCUT2D eigenvalue weighted by Gasteiger charge is 2.15. The molecule has 3 nitrogen and oxygen atoms in total. The SMILES string of the molecule is CCCCN(CC)c1cccc(SCC)c1C(=N)N. The molecule has 0 fully saturated rings. The smallest absolute Gasteiger partial charge is 0.126 e. The molecule has 1 aromatic rings. The third-order valence-corrected chi connectivity index (χ3v) is 4.02. The lowest BCUT2D eigenvalue weighted by Gasteiger charge is -2.26. The van der Waals surface area contributed by atoms with E-state index in [0.717, 1.165) is 41.4 Å². The number of thioether (sulfide) groups is 1. The average molecular weight is 279 g/mol. The van der Waals surface area contributed by atoms with Crippen LogP contribution in [0, 0.1) is 5.41 Å². The van der Waals surface area contributed by atoms with E-state index in [1.807, 2.05) is 0 Å². The van der Waals surface area contributed by atoms with Crippen molar-refractivity contribution in [2.75, 3.05) is 23.7 Å². The molecule has 0 unspecified atom stereocenters. The van der Waals surface area contributed by atoms with Gasteiger partial charge >= 0.3 is 0 Å². The van der Waals surface area contributed by atoms with Crippen LogP contribution in [0.4, 0.5) is 5.69 Å². The van der Waals surface area contributed by atoms with E-state index in [0.29, 0.717) is 0 Å². The van der Waals surface area contributed by atoms with Gasteiger partial charge < -0.3 is 10.6 Å². The van der Waals surface area contributed by atoms with Gasteiger partial charge in [0.2, 0.25) is 0 Å². The number of anilines is 1. The molecule has 0 spiro atoms. The average Bonchev–Trinajstić information content (AvgIpc) is 2.40. The summed E-state index contributed by atoms with van der Waals surface area (Å²) in [6.07, 6.45) is 2.34. The number of nitrogens with one attached hydrogen (secondary N) is 1. The third kappa shape index (κ3) is 4.16. The number of unbranched alkanes of at least 4 members (excludes halogenated alkanes) is 1. The summed E-state index contributed by atoms with van der Waals surface area (Å²) >= 11 is 1.75. The molecule has 0 heterocycles. The first-order chi connectivity index (χ1) is 9.15. The molecular weight excluding hydrogens is 254 g/mol. The van der Waals surface area contributed by atoms with Crippen LogP contribution in [-0.2, 0) is 0 Å². The highest BCUT2D eigenvalue weighted by Crippen LogP contribution is 2.30. The Morgan fingerprint density at radius 1 is 1.32 bits per heavy atom. The summed E-state index contributed by atoms with van der Waals surface area (Å²) in [5.74, 6) is 1.16. The van der Waals surface area contributed by atoms with Crippen molar-refractivity contribution in [2.45, 2.75) is 38.5 Å². The zero-order valence-electron chi connectivity index (χ0n) is 12.2. The second-order valence-electron chi connectivity index (χ2n) is 4.43. The van der Waals surface area contributed by atoms with Gasteiger partial charge in [0, 0.05) is 23.7 Å². The summed E-state index contributed by atoms with van der Waals surface area (Å²) in [4.78, 5) is 3.43. The van der Waals surface area contributed by atoms with Gasteiger partial charge in [0.25, 0.3) is 0 Å². The van der Waals surface area contributed by atoms with Crippen LogP contribution in [-0.4, -0.2) is 24.7 Å². The van der Waals surface area contributed by atoms with Gasteiger partial charge in [0.05, 0.1) is 5.56 Å². The predicted molar refractivity (Wildman–Crippen MR) is 86.7 cm³/mol. The second-order valence-corrected chi connectivity index (χ2v) is 5.74. The van der Waals surface area contributed by atoms with E-state index >= 15 is 0 Å². The molecule has 0 radical (unpaired) electrons. The molecule has 0 aromatic heterocycles. The Labute approximate surface area is 121 Å². The van der Waals surface area contributed by atoms with Crippen molar-refractivity contribution in [3.63, 3.8) is 0 Å². The number of nitrogen functional groups attached to an aromatic ring is 1. The van der Waals surface area contributed by atoms with E-state index in [9.17, 15) is 0 Å². The van der Waals surface area contributed by atoms with Gasteiger partial charge in [0.15, 0.2) is 0 Å². The van der Waals surface area contributed by atoms with Gasteiger partial charge in [-0.3, -0.25) is 5.41 Å². The lowest BCUT2D eigenvalue weighted by atomic mass is 10.1. The fourth-order valence-electron chi connectivity index (χ4n) is 2.13. The van der Waals surface area contributed by atoms with E-state index in [-0.39, 0.29) is 5.84 Å². The van der Waals surface area contributed by atoms with Gasteiger partial charge in [-0.1, -0.05) is 26.3 Å². The van der Waals surface area contributed by atoms with Crippen molar-refractivity contribution in [1.82, 2.24) is 0 Å². The molecule has 0 saturated heterocycles. The Kier molecular flexibility index (Phi) is 6.78. The summed E-state index contributed by atoms with van der Waals surface area (Å²) in [5.41, 5.74) is 7.80. The zero-order chi connectivity index (χ0) is 14.3. The van der Waals surface area contributed by atoms with Gasteiger partial charge in [-0.25, -0.2) is 0 Å². The van der Waals surface area contributed by atoms with Gasteiger partial charge in [-0.2, -0.15) is 0 Å². The maximum Gasteiger partial charge on any atom is 0.126 e. The standard InChI is InChI=1S/C15H25N3S/c1-4-7-11-18(5-2)12-9-8-10-13(19-6-3)14(12)15(16)17/h8-10H,4-7,11H2,1-3H3,(H3,16,17). The minimum Gasteiger partial charge on any atom is -0.384 e. The van der Waals surface area contributed by atoms with Gasteiger partial charge in [0.1, 0.15) is 5.84 Å². The largest absolute Gasteiger partial charge is 0.384 e. The maximum absolute atomic E-state index is 7.88. The van der Waals surface area contributed by atoms with Crippen LogP contribution < -0.4 is 10.6 Å². The maximum atomic E-state index is 7.88. The fraction of sp³-hybridized carbons (Fsp3) is 0.533. The molecule has 0 aliphatic heterocycles. The first-order valence-electron chi connectivity index (χ1n) is 7.00. The summed E-state index contributed by atoms with van der Waals surface area (Å²) in [7, 11) is 0. The fourth-order valence-corrected chi connectivity index (χ4v) is 2.97. The molecule has 1 aromatic carbocycles.